The van der Waals surface area contributed by atoms with E-state index < -0.39 is 0 Å². The zero-order valence-electron chi connectivity index (χ0n) is 16.2. The summed E-state index contributed by atoms with van der Waals surface area (Å²) in [5.74, 6) is 1.87. The Morgan fingerprint density at radius 1 is 1.19 bits per heavy atom. The van der Waals surface area contributed by atoms with Crippen LogP contribution in [0.15, 0.2) is 24.3 Å². The maximum absolute atomic E-state index is 12.3. The molecule has 1 heterocycles. The van der Waals surface area contributed by atoms with Gasteiger partial charge in [0.05, 0.1) is 6.10 Å². The van der Waals surface area contributed by atoms with Gasteiger partial charge in [0, 0.05) is 12.1 Å². The molecule has 0 spiro atoms. The van der Waals surface area contributed by atoms with Crippen molar-refractivity contribution in [1.29, 1.82) is 0 Å². The van der Waals surface area contributed by atoms with Crippen LogP contribution in [0.5, 0.6) is 5.75 Å². The predicted octanol–water partition coefficient (Wildman–Crippen LogP) is 3.76. The van der Waals surface area contributed by atoms with Crippen LogP contribution in [-0.2, 0) is 4.79 Å². The minimum absolute atomic E-state index is 0. The molecule has 1 aliphatic heterocycles. The second-order valence-electron chi connectivity index (χ2n) is 7.85. The van der Waals surface area contributed by atoms with Crippen molar-refractivity contribution >= 4 is 24.0 Å². The Bertz CT molecular complexity index is 575. The number of aliphatic hydroxyl groups is 1. The molecule has 1 aromatic rings. The minimum atomic E-state index is -0.375. The van der Waals surface area contributed by atoms with Crippen LogP contribution in [0.4, 0.5) is 5.69 Å². The molecule has 3 N–H and O–H groups in total. The van der Waals surface area contributed by atoms with E-state index in [0.717, 1.165) is 63.1 Å². The topological polar surface area (TPSA) is 70.6 Å². The molecule has 1 saturated carbocycles. The van der Waals surface area contributed by atoms with Gasteiger partial charge in [0.25, 0.3) is 0 Å². The SMILES string of the molecule is CC(CC(=O)Nc1ccc(OC2CCCCC2O)cc1)C1CCNCC1.Cl. The first-order valence-electron chi connectivity index (χ1n) is 10.1. The first-order chi connectivity index (χ1) is 12.6. The Morgan fingerprint density at radius 3 is 2.52 bits per heavy atom. The van der Waals surface area contributed by atoms with Crippen LogP contribution in [0.25, 0.3) is 0 Å². The lowest BCUT2D eigenvalue weighted by Gasteiger charge is -2.28. The molecule has 1 aliphatic carbocycles. The molecule has 0 aromatic heterocycles. The smallest absolute Gasteiger partial charge is 0.224 e. The third kappa shape index (κ3) is 6.66. The molecule has 3 unspecified atom stereocenters. The van der Waals surface area contributed by atoms with Gasteiger partial charge in [-0.15, -0.1) is 12.4 Å². The lowest BCUT2D eigenvalue weighted by atomic mass is 9.84. The van der Waals surface area contributed by atoms with Crippen molar-refractivity contribution in [2.45, 2.75) is 64.1 Å². The molecule has 1 amide bonds. The van der Waals surface area contributed by atoms with Gasteiger partial charge in [0.2, 0.25) is 5.91 Å². The van der Waals surface area contributed by atoms with Crippen LogP contribution in [0.1, 0.15) is 51.9 Å². The maximum atomic E-state index is 12.3. The van der Waals surface area contributed by atoms with Gasteiger partial charge in [-0.1, -0.05) is 13.3 Å². The predicted molar refractivity (Wildman–Crippen MR) is 111 cm³/mol. The molecule has 3 rings (SSSR count). The molecule has 0 radical (unpaired) electrons. The highest BCUT2D eigenvalue weighted by Gasteiger charge is 2.25. The molecule has 27 heavy (non-hydrogen) atoms. The van der Waals surface area contributed by atoms with Gasteiger partial charge in [-0.2, -0.15) is 0 Å². The number of rotatable bonds is 6. The minimum Gasteiger partial charge on any atom is -0.488 e. The monoisotopic (exact) mass is 396 g/mol. The zero-order chi connectivity index (χ0) is 18.4. The molecule has 2 aliphatic rings. The van der Waals surface area contributed by atoms with Gasteiger partial charge in [-0.05, 0) is 81.3 Å². The van der Waals surface area contributed by atoms with E-state index in [4.69, 9.17) is 4.74 Å². The van der Waals surface area contributed by atoms with Crippen LogP contribution >= 0.6 is 12.4 Å². The number of anilines is 1. The summed E-state index contributed by atoms with van der Waals surface area (Å²) in [6.07, 6.45) is 6.28. The maximum Gasteiger partial charge on any atom is 0.224 e. The standard InChI is InChI=1S/C21H32N2O3.ClH/c1-15(16-10-12-22-13-11-16)14-21(25)23-17-6-8-18(9-7-17)26-20-5-3-2-4-19(20)24;/h6-9,15-16,19-20,22,24H,2-5,10-14H2,1H3,(H,23,25);1H. The van der Waals surface area contributed by atoms with Crippen molar-refractivity contribution in [2.75, 3.05) is 18.4 Å². The number of amides is 1. The number of hydrogen-bond acceptors (Lipinski definition) is 4. The summed E-state index contributed by atoms with van der Waals surface area (Å²) >= 11 is 0. The Balaban J connectivity index is 0.00000261. The summed E-state index contributed by atoms with van der Waals surface area (Å²) < 4.78 is 5.90. The van der Waals surface area contributed by atoms with Crippen molar-refractivity contribution in [1.82, 2.24) is 5.32 Å². The van der Waals surface area contributed by atoms with E-state index in [9.17, 15) is 9.90 Å². The fourth-order valence-electron chi connectivity index (χ4n) is 4.09. The largest absolute Gasteiger partial charge is 0.488 e. The van der Waals surface area contributed by atoms with E-state index >= 15 is 0 Å². The summed E-state index contributed by atoms with van der Waals surface area (Å²) in [5, 5.41) is 16.4. The van der Waals surface area contributed by atoms with Gasteiger partial charge in [-0.3, -0.25) is 4.79 Å². The van der Waals surface area contributed by atoms with E-state index in [1.54, 1.807) is 0 Å². The lowest BCUT2D eigenvalue weighted by molar-refractivity contribution is -0.117. The number of carbonyl (C=O) groups is 1. The fraction of sp³-hybridized carbons (Fsp3) is 0.667. The lowest BCUT2D eigenvalue weighted by Crippen LogP contribution is -2.34. The van der Waals surface area contributed by atoms with Crippen molar-refractivity contribution in [3.05, 3.63) is 24.3 Å². The molecular weight excluding hydrogens is 364 g/mol. The number of carbonyl (C=O) groups excluding carboxylic acids is 1. The summed E-state index contributed by atoms with van der Waals surface area (Å²) in [6.45, 7) is 4.31. The number of aliphatic hydroxyl groups excluding tert-OH is 1. The molecule has 5 nitrogen and oxygen atoms in total. The van der Waals surface area contributed by atoms with Gasteiger partial charge in [-0.25, -0.2) is 0 Å². The van der Waals surface area contributed by atoms with Crippen LogP contribution in [0, 0.1) is 11.8 Å². The Kier molecular flexibility index (Phi) is 8.87. The Morgan fingerprint density at radius 2 is 1.85 bits per heavy atom. The number of piperidine rings is 1. The molecule has 3 atom stereocenters. The quantitative estimate of drug-likeness (QED) is 0.684. The molecular formula is C21H33ClN2O3. The van der Waals surface area contributed by atoms with Crippen molar-refractivity contribution in [2.24, 2.45) is 11.8 Å². The normalized spacial score (nSPS) is 24.5. The van der Waals surface area contributed by atoms with Gasteiger partial charge in [0.15, 0.2) is 0 Å². The average molecular weight is 397 g/mol. The summed E-state index contributed by atoms with van der Waals surface area (Å²) in [7, 11) is 0. The van der Waals surface area contributed by atoms with Gasteiger partial charge >= 0.3 is 0 Å². The van der Waals surface area contributed by atoms with E-state index in [0.29, 0.717) is 18.3 Å². The van der Waals surface area contributed by atoms with E-state index in [1.807, 2.05) is 24.3 Å². The highest BCUT2D eigenvalue weighted by Crippen LogP contribution is 2.26. The van der Waals surface area contributed by atoms with Gasteiger partial charge < -0.3 is 20.5 Å². The summed E-state index contributed by atoms with van der Waals surface area (Å²) in [5.41, 5.74) is 0.795. The third-order valence-electron chi connectivity index (χ3n) is 5.79. The second kappa shape index (κ2) is 10.9. The van der Waals surface area contributed by atoms with Gasteiger partial charge in [0.1, 0.15) is 11.9 Å². The number of benzene rings is 1. The molecule has 6 heteroatoms. The zero-order valence-corrected chi connectivity index (χ0v) is 17.0. The molecule has 0 bridgehead atoms. The van der Waals surface area contributed by atoms with E-state index in [1.165, 1.54) is 0 Å². The van der Waals surface area contributed by atoms with Crippen molar-refractivity contribution in [3.63, 3.8) is 0 Å². The second-order valence-corrected chi connectivity index (χ2v) is 7.85. The number of nitrogens with one attached hydrogen (secondary N) is 2. The van der Waals surface area contributed by atoms with Crippen LogP contribution in [0.2, 0.25) is 0 Å². The molecule has 1 saturated heterocycles. The van der Waals surface area contributed by atoms with E-state index in [-0.39, 0.29) is 30.5 Å². The number of ether oxygens (including phenoxy) is 1. The Hall–Kier alpha value is -1.30. The fourth-order valence-corrected chi connectivity index (χ4v) is 4.09. The van der Waals surface area contributed by atoms with E-state index in [2.05, 4.69) is 17.6 Å². The van der Waals surface area contributed by atoms with Crippen LogP contribution < -0.4 is 15.4 Å². The summed E-state index contributed by atoms with van der Waals surface area (Å²) in [6, 6.07) is 7.48. The Labute approximate surface area is 168 Å². The highest BCUT2D eigenvalue weighted by atomic mass is 35.5. The van der Waals surface area contributed by atoms with Crippen LogP contribution in [-0.4, -0.2) is 36.3 Å². The molecule has 2 fully saturated rings. The first-order valence-corrected chi connectivity index (χ1v) is 10.1. The molecule has 152 valence electrons. The third-order valence-corrected chi connectivity index (χ3v) is 5.79. The average Bonchev–Trinajstić information content (AvgIpc) is 2.66. The number of halogens is 1. The molecule has 1 aromatic carbocycles. The summed E-state index contributed by atoms with van der Waals surface area (Å²) in [4.78, 5) is 12.3. The highest BCUT2D eigenvalue weighted by molar-refractivity contribution is 5.90. The first kappa shape index (κ1) is 22.0. The number of hydrogen-bond donors (Lipinski definition) is 3. The van der Waals surface area contributed by atoms with Crippen LogP contribution in [0.3, 0.4) is 0 Å². The van der Waals surface area contributed by atoms with Crippen molar-refractivity contribution in [3.8, 4) is 5.75 Å². The van der Waals surface area contributed by atoms with Crippen molar-refractivity contribution < 1.29 is 14.6 Å².